The fraction of sp³-hybridized carbons (Fsp3) is 0.294. The molecule has 3 aromatic heterocycles. The summed E-state index contributed by atoms with van der Waals surface area (Å²) >= 11 is 0. The van der Waals surface area contributed by atoms with E-state index < -0.39 is 0 Å². The van der Waals surface area contributed by atoms with Gasteiger partial charge in [-0.2, -0.15) is 15.5 Å². The SMILES string of the molecule is Cn1ncc2ncc(C(=O)N3CCCn4nc(C#N)cc4C3)cc21.O=CO. The standard InChI is InChI=1S/C16H15N7O.CH2O2/c1-21-15-5-11(8-18-14(15)9-19-21)16(24)22-3-2-4-23-13(10-22)6-12(7-17)20-23;2-1-3/h5-6,8-9H,2-4,10H2,1H3;1H,(H,2,3). The molecular weight excluding hydrogens is 350 g/mol. The monoisotopic (exact) mass is 367 g/mol. The topological polar surface area (TPSA) is 130 Å². The number of rotatable bonds is 1. The average molecular weight is 367 g/mol. The lowest BCUT2D eigenvalue weighted by Crippen LogP contribution is -2.30. The van der Waals surface area contributed by atoms with Gasteiger partial charge in [-0.1, -0.05) is 0 Å². The van der Waals surface area contributed by atoms with Crippen LogP contribution < -0.4 is 0 Å². The van der Waals surface area contributed by atoms with Gasteiger partial charge < -0.3 is 10.0 Å². The highest BCUT2D eigenvalue weighted by Gasteiger charge is 2.22. The number of carbonyl (C=O) groups is 2. The third-order valence-electron chi connectivity index (χ3n) is 4.26. The summed E-state index contributed by atoms with van der Waals surface area (Å²) < 4.78 is 3.52. The summed E-state index contributed by atoms with van der Waals surface area (Å²) in [5.41, 5.74) is 3.40. The Balaban J connectivity index is 0.000000659. The minimum absolute atomic E-state index is 0.0706. The van der Waals surface area contributed by atoms with Crippen LogP contribution in [-0.4, -0.2) is 53.5 Å². The normalized spacial score (nSPS) is 13.1. The van der Waals surface area contributed by atoms with Crippen LogP contribution in [-0.2, 0) is 24.9 Å². The van der Waals surface area contributed by atoms with Crippen molar-refractivity contribution in [3.63, 3.8) is 0 Å². The predicted octanol–water partition coefficient (Wildman–Crippen LogP) is 0.783. The van der Waals surface area contributed by atoms with Crippen LogP contribution in [0.5, 0.6) is 0 Å². The maximum Gasteiger partial charge on any atom is 0.290 e. The van der Waals surface area contributed by atoms with Crippen LogP contribution in [0.3, 0.4) is 0 Å². The molecule has 0 fully saturated rings. The van der Waals surface area contributed by atoms with E-state index in [1.54, 1.807) is 28.0 Å². The lowest BCUT2D eigenvalue weighted by Gasteiger charge is -2.19. The molecule has 3 aromatic rings. The Hall–Kier alpha value is -3.74. The van der Waals surface area contributed by atoms with Gasteiger partial charge in [-0.05, 0) is 18.6 Å². The Morgan fingerprint density at radius 3 is 2.85 bits per heavy atom. The molecular formula is C17H17N7O3. The van der Waals surface area contributed by atoms with Crippen molar-refractivity contribution in [1.82, 2.24) is 29.4 Å². The summed E-state index contributed by atoms with van der Waals surface area (Å²) in [5, 5.41) is 24.3. The van der Waals surface area contributed by atoms with Gasteiger partial charge in [0.15, 0.2) is 5.69 Å². The molecule has 0 aliphatic carbocycles. The Labute approximate surface area is 154 Å². The molecule has 1 aliphatic heterocycles. The molecule has 27 heavy (non-hydrogen) atoms. The van der Waals surface area contributed by atoms with E-state index in [1.165, 1.54) is 0 Å². The van der Waals surface area contributed by atoms with Crippen molar-refractivity contribution >= 4 is 23.4 Å². The molecule has 0 saturated heterocycles. The van der Waals surface area contributed by atoms with Crippen molar-refractivity contribution in [2.45, 2.75) is 19.5 Å². The van der Waals surface area contributed by atoms with Crippen molar-refractivity contribution in [1.29, 1.82) is 5.26 Å². The van der Waals surface area contributed by atoms with E-state index >= 15 is 0 Å². The van der Waals surface area contributed by atoms with Crippen LogP contribution in [0.25, 0.3) is 11.0 Å². The number of carboxylic acid groups (broad SMARTS) is 1. The second-order valence-corrected chi connectivity index (χ2v) is 5.94. The number of fused-ring (bicyclic) bond motifs is 2. The first-order valence-electron chi connectivity index (χ1n) is 8.19. The largest absolute Gasteiger partial charge is 0.483 e. The molecule has 4 heterocycles. The van der Waals surface area contributed by atoms with Gasteiger partial charge in [0.25, 0.3) is 12.4 Å². The Bertz CT molecular complexity index is 1030. The summed E-state index contributed by atoms with van der Waals surface area (Å²) in [6.45, 7) is 1.55. The van der Waals surface area contributed by atoms with Crippen LogP contribution in [0.1, 0.15) is 28.2 Å². The lowest BCUT2D eigenvalue weighted by atomic mass is 10.2. The predicted molar refractivity (Wildman–Crippen MR) is 93.5 cm³/mol. The van der Waals surface area contributed by atoms with Crippen molar-refractivity contribution in [3.05, 3.63) is 41.5 Å². The van der Waals surface area contributed by atoms with Gasteiger partial charge in [0.2, 0.25) is 0 Å². The van der Waals surface area contributed by atoms with Gasteiger partial charge in [-0.25, -0.2) is 0 Å². The first-order valence-corrected chi connectivity index (χ1v) is 8.19. The summed E-state index contributed by atoms with van der Waals surface area (Å²) in [6.07, 6.45) is 4.07. The molecule has 1 amide bonds. The molecule has 0 atom stereocenters. The Kier molecular flexibility index (Phi) is 5.12. The molecule has 1 N–H and O–H groups in total. The third-order valence-corrected chi connectivity index (χ3v) is 4.26. The molecule has 0 saturated carbocycles. The van der Waals surface area contributed by atoms with Crippen molar-refractivity contribution in [2.24, 2.45) is 7.05 Å². The molecule has 0 unspecified atom stereocenters. The molecule has 0 aromatic carbocycles. The minimum Gasteiger partial charge on any atom is -0.483 e. The van der Waals surface area contributed by atoms with Gasteiger partial charge in [-0.3, -0.25) is 23.9 Å². The summed E-state index contributed by atoms with van der Waals surface area (Å²) in [4.78, 5) is 27.3. The molecule has 10 heteroatoms. The second kappa shape index (κ2) is 7.65. The van der Waals surface area contributed by atoms with E-state index in [2.05, 4.69) is 15.2 Å². The fourth-order valence-corrected chi connectivity index (χ4v) is 3.02. The maximum absolute atomic E-state index is 12.9. The van der Waals surface area contributed by atoms with Crippen molar-refractivity contribution < 1.29 is 14.7 Å². The zero-order chi connectivity index (χ0) is 19.4. The van der Waals surface area contributed by atoms with Crippen molar-refractivity contribution in [2.75, 3.05) is 6.54 Å². The van der Waals surface area contributed by atoms with Crippen LogP contribution in [0.4, 0.5) is 0 Å². The van der Waals surface area contributed by atoms with Crippen molar-refractivity contribution in [3.8, 4) is 6.07 Å². The van der Waals surface area contributed by atoms with E-state index in [9.17, 15) is 4.79 Å². The smallest absolute Gasteiger partial charge is 0.290 e. The maximum atomic E-state index is 12.9. The zero-order valence-corrected chi connectivity index (χ0v) is 14.6. The first kappa shape index (κ1) is 18.1. The number of hydrogen-bond donors (Lipinski definition) is 1. The number of nitrogens with zero attached hydrogens (tertiary/aromatic N) is 7. The first-order chi connectivity index (χ1) is 13.1. The van der Waals surface area contributed by atoms with Gasteiger partial charge >= 0.3 is 0 Å². The van der Waals surface area contributed by atoms with E-state index in [0.29, 0.717) is 30.9 Å². The van der Waals surface area contributed by atoms with Gasteiger partial charge in [0, 0.05) is 26.3 Å². The lowest BCUT2D eigenvalue weighted by molar-refractivity contribution is -0.122. The number of aromatic nitrogens is 5. The number of aryl methyl sites for hydroxylation is 2. The van der Waals surface area contributed by atoms with Gasteiger partial charge in [-0.15, -0.1) is 0 Å². The van der Waals surface area contributed by atoms with Crippen LogP contribution in [0.15, 0.2) is 24.5 Å². The van der Waals surface area contributed by atoms with Crippen LogP contribution in [0, 0.1) is 11.3 Å². The highest BCUT2D eigenvalue weighted by atomic mass is 16.3. The second-order valence-electron chi connectivity index (χ2n) is 5.94. The van der Waals surface area contributed by atoms with Crippen LogP contribution >= 0.6 is 0 Å². The number of hydrogen-bond acceptors (Lipinski definition) is 6. The number of nitriles is 1. The summed E-state index contributed by atoms with van der Waals surface area (Å²) in [7, 11) is 1.83. The molecule has 4 rings (SSSR count). The Morgan fingerprint density at radius 2 is 2.11 bits per heavy atom. The molecule has 0 radical (unpaired) electrons. The highest BCUT2D eigenvalue weighted by Crippen LogP contribution is 2.18. The van der Waals surface area contributed by atoms with E-state index in [0.717, 1.165) is 23.1 Å². The van der Waals surface area contributed by atoms with Crippen LogP contribution in [0.2, 0.25) is 0 Å². The van der Waals surface area contributed by atoms with Gasteiger partial charge in [0.05, 0.1) is 29.5 Å². The molecule has 138 valence electrons. The molecule has 10 nitrogen and oxygen atoms in total. The van der Waals surface area contributed by atoms with E-state index in [4.69, 9.17) is 15.2 Å². The van der Waals surface area contributed by atoms with E-state index in [-0.39, 0.29) is 12.4 Å². The number of carbonyl (C=O) groups excluding carboxylic acids is 1. The fourth-order valence-electron chi connectivity index (χ4n) is 3.02. The Morgan fingerprint density at radius 1 is 1.33 bits per heavy atom. The molecule has 1 aliphatic rings. The highest BCUT2D eigenvalue weighted by molar-refractivity contribution is 5.96. The number of pyridine rings is 1. The average Bonchev–Trinajstić information content (AvgIpc) is 3.18. The summed E-state index contributed by atoms with van der Waals surface area (Å²) in [5.74, 6) is -0.0706. The molecule has 0 bridgehead atoms. The minimum atomic E-state index is -0.250. The quantitative estimate of drug-likeness (QED) is 0.629. The summed E-state index contributed by atoms with van der Waals surface area (Å²) in [6, 6.07) is 5.61. The third kappa shape index (κ3) is 3.62. The zero-order valence-electron chi connectivity index (χ0n) is 14.6. The molecule has 0 spiro atoms. The number of amides is 1. The van der Waals surface area contributed by atoms with E-state index in [1.807, 2.05) is 23.9 Å². The van der Waals surface area contributed by atoms with Gasteiger partial charge in [0.1, 0.15) is 11.6 Å².